The van der Waals surface area contributed by atoms with Crippen molar-refractivity contribution in [3.8, 4) is 17.0 Å². The predicted octanol–water partition coefficient (Wildman–Crippen LogP) is 4.18. The van der Waals surface area contributed by atoms with E-state index in [1.54, 1.807) is 6.20 Å². The van der Waals surface area contributed by atoms with Crippen LogP contribution in [0.4, 0.5) is 5.69 Å². The van der Waals surface area contributed by atoms with Crippen molar-refractivity contribution in [1.29, 1.82) is 0 Å². The maximum atomic E-state index is 12.2. The molecule has 1 unspecified atom stereocenters. The van der Waals surface area contributed by atoms with E-state index in [-0.39, 0.29) is 12.0 Å². The molecule has 8 nitrogen and oxygen atoms in total. The fraction of sp³-hybridized carbons (Fsp3) is 0.192. The van der Waals surface area contributed by atoms with E-state index >= 15 is 0 Å². The van der Waals surface area contributed by atoms with Gasteiger partial charge in [0.15, 0.2) is 0 Å². The van der Waals surface area contributed by atoms with Gasteiger partial charge in [0.25, 0.3) is 0 Å². The molecule has 0 spiro atoms. The van der Waals surface area contributed by atoms with Crippen molar-refractivity contribution in [2.45, 2.75) is 19.2 Å². The van der Waals surface area contributed by atoms with Crippen LogP contribution in [-0.4, -0.2) is 46.6 Å². The molecule has 0 radical (unpaired) electrons. The number of fused-ring (bicyclic) bond motifs is 2. The third-order valence-electron chi connectivity index (χ3n) is 6.26. The number of anilines is 1. The monoisotopic (exact) mass is 488 g/mol. The third kappa shape index (κ3) is 4.24. The third-order valence-corrected chi connectivity index (χ3v) is 6.85. The van der Waals surface area contributed by atoms with Crippen LogP contribution in [0.5, 0.6) is 5.88 Å². The molecule has 0 bridgehead atoms. The van der Waals surface area contributed by atoms with E-state index in [9.17, 15) is 13.5 Å². The first-order valence-electron chi connectivity index (χ1n) is 11.3. The van der Waals surface area contributed by atoms with Crippen LogP contribution in [0.2, 0.25) is 0 Å². The molecule has 2 aromatic carbocycles. The van der Waals surface area contributed by atoms with Gasteiger partial charge in [-0.1, -0.05) is 30.3 Å². The first-order chi connectivity index (χ1) is 16.9. The maximum Gasteiger partial charge on any atom is 0.236 e. The lowest BCUT2D eigenvalue weighted by atomic mass is 10.0. The Morgan fingerprint density at radius 2 is 1.91 bits per heavy atom. The number of aromatic hydroxyl groups is 1. The van der Waals surface area contributed by atoms with Crippen molar-refractivity contribution in [2.75, 3.05) is 17.6 Å². The summed E-state index contributed by atoms with van der Waals surface area (Å²) in [6, 6.07) is 17.8. The largest absolute Gasteiger partial charge is 0.492 e. The molecule has 178 valence electrons. The van der Waals surface area contributed by atoms with Gasteiger partial charge in [0.05, 0.1) is 36.7 Å². The minimum Gasteiger partial charge on any atom is -0.492 e. The molecular weight excluding hydrogens is 464 g/mol. The average Bonchev–Trinajstić information content (AvgIpc) is 3.42. The highest BCUT2D eigenvalue weighted by atomic mass is 32.2. The van der Waals surface area contributed by atoms with Gasteiger partial charge in [-0.3, -0.25) is 4.72 Å². The van der Waals surface area contributed by atoms with Gasteiger partial charge in [-0.25, -0.2) is 13.4 Å². The predicted molar refractivity (Wildman–Crippen MR) is 136 cm³/mol. The van der Waals surface area contributed by atoms with Crippen LogP contribution in [0, 0.1) is 0 Å². The van der Waals surface area contributed by atoms with Crippen LogP contribution in [0.3, 0.4) is 0 Å². The normalized spacial score (nSPS) is 15.6. The Kier molecular flexibility index (Phi) is 5.05. The summed E-state index contributed by atoms with van der Waals surface area (Å²) >= 11 is 0. The van der Waals surface area contributed by atoms with Crippen LogP contribution >= 0.6 is 0 Å². The molecule has 5 aromatic rings. The molecule has 1 aliphatic rings. The second-order valence-electron chi connectivity index (χ2n) is 8.94. The average molecular weight is 489 g/mol. The summed E-state index contributed by atoms with van der Waals surface area (Å²) in [5.41, 5.74) is 4.91. The summed E-state index contributed by atoms with van der Waals surface area (Å²) in [5, 5.41) is 12.2. The molecule has 1 atom stereocenters. The SMILES string of the molecule is CS(=O)(=O)Nc1cc(-c2cn(CC3CO3)c3c(O)nccc23)cc2c1ccn2Cc1ccccc1. The van der Waals surface area contributed by atoms with Crippen LogP contribution in [0.15, 0.2) is 73.2 Å². The van der Waals surface area contributed by atoms with Gasteiger partial charge < -0.3 is 19.0 Å². The lowest BCUT2D eigenvalue weighted by Crippen LogP contribution is -2.10. The van der Waals surface area contributed by atoms with Gasteiger partial charge in [0, 0.05) is 41.5 Å². The maximum absolute atomic E-state index is 12.2. The van der Waals surface area contributed by atoms with Gasteiger partial charge in [-0.05, 0) is 35.4 Å². The molecule has 9 heteroatoms. The zero-order chi connectivity index (χ0) is 24.2. The zero-order valence-corrected chi connectivity index (χ0v) is 19.9. The van der Waals surface area contributed by atoms with Gasteiger partial charge in [0.2, 0.25) is 15.9 Å². The van der Waals surface area contributed by atoms with Crippen molar-refractivity contribution in [3.63, 3.8) is 0 Å². The minimum absolute atomic E-state index is 0.0441. The molecule has 2 N–H and O–H groups in total. The van der Waals surface area contributed by atoms with E-state index in [0.717, 1.165) is 39.2 Å². The molecule has 0 amide bonds. The summed E-state index contributed by atoms with van der Waals surface area (Å²) < 4.78 is 36.6. The fourth-order valence-corrected chi connectivity index (χ4v) is 5.22. The molecule has 1 fully saturated rings. The van der Waals surface area contributed by atoms with Gasteiger partial charge >= 0.3 is 0 Å². The minimum atomic E-state index is -3.50. The molecule has 0 aliphatic carbocycles. The Hall–Kier alpha value is -3.82. The summed E-state index contributed by atoms with van der Waals surface area (Å²) in [7, 11) is -3.50. The van der Waals surface area contributed by atoms with Crippen LogP contribution in [0.1, 0.15) is 5.56 Å². The Labute approximate surface area is 202 Å². The van der Waals surface area contributed by atoms with E-state index in [1.807, 2.05) is 53.4 Å². The van der Waals surface area contributed by atoms with Crippen LogP contribution < -0.4 is 4.72 Å². The molecule has 0 saturated carbocycles. The number of benzene rings is 2. The number of ether oxygens (including phenoxy) is 1. The van der Waals surface area contributed by atoms with Gasteiger partial charge in [0.1, 0.15) is 5.52 Å². The summed E-state index contributed by atoms with van der Waals surface area (Å²) in [6.45, 7) is 1.95. The van der Waals surface area contributed by atoms with E-state index in [0.29, 0.717) is 30.9 Å². The molecule has 35 heavy (non-hydrogen) atoms. The highest BCUT2D eigenvalue weighted by molar-refractivity contribution is 7.92. The number of nitrogens with zero attached hydrogens (tertiary/aromatic N) is 3. The number of hydrogen-bond acceptors (Lipinski definition) is 5. The van der Waals surface area contributed by atoms with Crippen molar-refractivity contribution in [2.24, 2.45) is 0 Å². The standard InChI is InChI=1S/C26H24N4O4S/c1-35(32,33)28-23-11-18(12-24-21(23)8-10-29(24)13-17-5-3-2-4-6-17)22-15-30(14-19-16-34-19)25-20(22)7-9-27-26(25)31/h2-12,15,19,28H,13-14,16H2,1H3,(H,27,31). The second kappa shape index (κ2) is 8.14. The van der Waals surface area contributed by atoms with Gasteiger partial charge in [-0.15, -0.1) is 0 Å². The smallest absolute Gasteiger partial charge is 0.236 e. The van der Waals surface area contributed by atoms with Crippen molar-refractivity contribution < 1.29 is 18.3 Å². The number of epoxide rings is 1. The number of rotatable bonds is 7. The number of sulfonamides is 1. The second-order valence-corrected chi connectivity index (χ2v) is 10.7. The Morgan fingerprint density at radius 1 is 1.11 bits per heavy atom. The van der Waals surface area contributed by atoms with Crippen molar-refractivity contribution in [3.05, 3.63) is 78.8 Å². The van der Waals surface area contributed by atoms with Crippen LogP contribution in [-0.2, 0) is 27.8 Å². The molecule has 3 aromatic heterocycles. The summed E-state index contributed by atoms with van der Waals surface area (Å²) in [6.07, 6.45) is 6.79. The number of hydrogen-bond donors (Lipinski definition) is 2. The Morgan fingerprint density at radius 3 is 2.66 bits per heavy atom. The first-order valence-corrected chi connectivity index (χ1v) is 13.2. The van der Waals surface area contributed by atoms with Gasteiger partial charge in [-0.2, -0.15) is 0 Å². The van der Waals surface area contributed by atoms with Crippen molar-refractivity contribution >= 4 is 37.5 Å². The molecule has 4 heterocycles. The Balaban J connectivity index is 1.56. The topological polar surface area (TPSA) is 102 Å². The van der Waals surface area contributed by atoms with E-state index in [2.05, 4.69) is 32.5 Å². The van der Waals surface area contributed by atoms with Crippen LogP contribution in [0.25, 0.3) is 32.9 Å². The number of nitrogens with one attached hydrogen (secondary N) is 1. The van der Waals surface area contributed by atoms with E-state index < -0.39 is 10.0 Å². The van der Waals surface area contributed by atoms with Crippen molar-refractivity contribution in [1.82, 2.24) is 14.1 Å². The lowest BCUT2D eigenvalue weighted by Gasteiger charge is -2.12. The first kappa shape index (κ1) is 21.7. The van der Waals surface area contributed by atoms with E-state index in [4.69, 9.17) is 4.74 Å². The quantitative estimate of drug-likeness (QED) is 0.335. The lowest BCUT2D eigenvalue weighted by molar-refractivity contribution is 0.384. The highest BCUT2D eigenvalue weighted by Gasteiger charge is 2.25. The molecule has 1 saturated heterocycles. The molecular formula is C26H24N4O4S. The number of aromatic nitrogens is 3. The highest BCUT2D eigenvalue weighted by Crippen LogP contribution is 2.39. The number of pyridine rings is 1. The zero-order valence-electron chi connectivity index (χ0n) is 19.0. The summed E-state index contributed by atoms with van der Waals surface area (Å²) in [5.74, 6) is -0.0441. The summed E-state index contributed by atoms with van der Waals surface area (Å²) in [4.78, 5) is 4.07. The van der Waals surface area contributed by atoms with E-state index in [1.165, 1.54) is 0 Å². The molecule has 6 rings (SSSR count). The fourth-order valence-electron chi connectivity index (χ4n) is 4.65. The Bertz CT molecular complexity index is 1670. The molecule has 1 aliphatic heterocycles.